The fourth-order valence-corrected chi connectivity index (χ4v) is 3.04. The van der Waals surface area contributed by atoms with Gasteiger partial charge in [-0.3, -0.25) is 4.79 Å². The maximum Gasteiger partial charge on any atom is 0.333 e. The van der Waals surface area contributed by atoms with E-state index in [4.69, 9.17) is 0 Å². The highest BCUT2D eigenvalue weighted by molar-refractivity contribution is 7.90. The third-order valence-corrected chi connectivity index (χ3v) is 4.82. The predicted octanol–water partition coefficient (Wildman–Crippen LogP) is 2.65. The van der Waals surface area contributed by atoms with Crippen molar-refractivity contribution in [3.63, 3.8) is 0 Å². The van der Waals surface area contributed by atoms with Crippen LogP contribution in [0, 0.1) is 6.92 Å². The van der Waals surface area contributed by atoms with Crippen LogP contribution in [0.15, 0.2) is 53.4 Å². The van der Waals surface area contributed by atoms with Crippen molar-refractivity contribution in [3.8, 4) is 0 Å². The van der Waals surface area contributed by atoms with E-state index in [0.29, 0.717) is 17.8 Å². The summed E-state index contributed by atoms with van der Waals surface area (Å²) in [5.74, 6) is -0.261. The van der Waals surface area contributed by atoms with E-state index in [1.54, 1.807) is 30.3 Å². The van der Waals surface area contributed by atoms with Crippen LogP contribution in [0.1, 0.15) is 29.3 Å². The van der Waals surface area contributed by atoms with Crippen molar-refractivity contribution in [2.75, 3.05) is 11.9 Å². The molecular weight excluding hydrogens is 354 g/mol. The molecular formula is C18H21N3O4S. The second-order valence-electron chi connectivity index (χ2n) is 5.71. The monoisotopic (exact) mass is 375 g/mol. The number of aryl methyl sites for hydroxylation is 1. The highest BCUT2D eigenvalue weighted by Crippen LogP contribution is 2.12. The Labute approximate surface area is 152 Å². The van der Waals surface area contributed by atoms with Crippen LogP contribution in [0.2, 0.25) is 0 Å². The lowest BCUT2D eigenvalue weighted by molar-refractivity contribution is 0.0953. The van der Waals surface area contributed by atoms with E-state index in [-0.39, 0.29) is 10.8 Å². The summed E-state index contributed by atoms with van der Waals surface area (Å²) in [6.07, 6.45) is 0.808. The number of amides is 3. The van der Waals surface area contributed by atoms with Crippen molar-refractivity contribution in [1.82, 2.24) is 10.0 Å². The molecule has 0 heterocycles. The van der Waals surface area contributed by atoms with Gasteiger partial charge in [0, 0.05) is 17.8 Å². The molecule has 0 fully saturated rings. The first-order valence-corrected chi connectivity index (χ1v) is 9.59. The van der Waals surface area contributed by atoms with Gasteiger partial charge in [-0.05, 0) is 43.7 Å². The van der Waals surface area contributed by atoms with Gasteiger partial charge in [0.15, 0.2) is 0 Å². The molecule has 0 aliphatic carbocycles. The number of nitrogens with one attached hydrogen (secondary N) is 3. The molecule has 0 saturated carbocycles. The van der Waals surface area contributed by atoms with Crippen molar-refractivity contribution in [1.29, 1.82) is 0 Å². The number of hydrogen-bond acceptors (Lipinski definition) is 4. The van der Waals surface area contributed by atoms with E-state index in [1.807, 2.05) is 18.6 Å². The minimum atomic E-state index is -3.98. The van der Waals surface area contributed by atoms with Crippen molar-refractivity contribution in [2.24, 2.45) is 0 Å². The molecule has 2 rings (SSSR count). The molecule has 7 nitrogen and oxygen atoms in total. The second-order valence-corrected chi connectivity index (χ2v) is 7.39. The van der Waals surface area contributed by atoms with Gasteiger partial charge in [0.25, 0.3) is 15.9 Å². The Kier molecular flexibility index (Phi) is 6.35. The summed E-state index contributed by atoms with van der Waals surface area (Å²) >= 11 is 0. The standard InChI is InChI=1S/C18H21N3O4S/c1-3-11-19-17(22)14-5-4-6-15(12-14)20-18(23)21-26(24,25)16-9-7-13(2)8-10-16/h4-10,12H,3,11H2,1-2H3,(H,19,22)(H2,20,21,23). The third-order valence-electron chi connectivity index (χ3n) is 3.48. The van der Waals surface area contributed by atoms with Crippen LogP contribution in [0.4, 0.5) is 10.5 Å². The molecule has 2 aromatic carbocycles. The van der Waals surface area contributed by atoms with Gasteiger partial charge in [0.2, 0.25) is 0 Å². The van der Waals surface area contributed by atoms with Crippen LogP contribution < -0.4 is 15.4 Å². The van der Waals surface area contributed by atoms with E-state index in [9.17, 15) is 18.0 Å². The molecule has 0 atom stereocenters. The normalized spacial score (nSPS) is 10.8. The molecule has 0 saturated heterocycles. The van der Waals surface area contributed by atoms with Crippen molar-refractivity contribution >= 4 is 27.6 Å². The van der Waals surface area contributed by atoms with Crippen LogP contribution in [0.3, 0.4) is 0 Å². The summed E-state index contributed by atoms with van der Waals surface area (Å²) in [5, 5.41) is 5.15. The van der Waals surface area contributed by atoms with Crippen molar-refractivity contribution in [3.05, 3.63) is 59.7 Å². The fourth-order valence-electron chi connectivity index (χ4n) is 2.13. The van der Waals surface area contributed by atoms with E-state index in [0.717, 1.165) is 12.0 Å². The molecule has 0 aromatic heterocycles. The number of carbonyl (C=O) groups is 2. The van der Waals surface area contributed by atoms with Crippen LogP contribution in [-0.4, -0.2) is 26.9 Å². The molecule has 0 aliphatic heterocycles. The highest BCUT2D eigenvalue weighted by Gasteiger charge is 2.17. The Balaban J connectivity index is 2.05. The third kappa shape index (κ3) is 5.32. The van der Waals surface area contributed by atoms with Crippen LogP contribution in [-0.2, 0) is 10.0 Å². The van der Waals surface area contributed by atoms with Crippen molar-refractivity contribution < 1.29 is 18.0 Å². The predicted molar refractivity (Wildman–Crippen MR) is 99.6 cm³/mol. The Bertz CT molecular complexity index is 893. The lowest BCUT2D eigenvalue weighted by Gasteiger charge is -2.10. The zero-order valence-electron chi connectivity index (χ0n) is 14.6. The van der Waals surface area contributed by atoms with E-state index in [2.05, 4.69) is 10.6 Å². The lowest BCUT2D eigenvalue weighted by atomic mass is 10.2. The summed E-state index contributed by atoms with van der Waals surface area (Å²) in [7, 11) is -3.98. The minimum absolute atomic E-state index is 0.00839. The average Bonchev–Trinajstić information content (AvgIpc) is 2.59. The molecule has 0 bridgehead atoms. The molecule has 8 heteroatoms. The Morgan fingerprint density at radius 1 is 1.04 bits per heavy atom. The van der Waals surface area contributed by atoms with Gasteiger partial charge < -0.3 is 10.6 Å². The molecule has 3 N–H and O–H groups in total. The zero-order valence-corrected chi connectivity index (χ0v) is 15.4. The number of urea groups is 1. The van der Waals surface area contributed by atoms with Gasteiger partial charge in [0.05, 0.1) is 4.90 Å². The summed E-state index contributed by atoms with van der Waals surface area (Å²) in [4.78, 5) is 24.0. The van der Waals surface area contributed by atoms with E-state index >= 15 is 0 Å². The molecule has 2 aromatic rings. The van der Waals surface area contributed by atoms with Gasteiger partial charge in [0.1, 0.15) is 0 Å². The van der Waals surface area contributed by atoms with Crippen molar-refractivity contribution in [2.45, 2.75) is 25.2 Å². The van der Waals surface area contributed by atoms with E-state index in [1.165, 1.54) is 18.2 Å². The fraction of sp³-hybridized carbons (Fsp3) is 0.222. The van der Waals surface area contributed by atoms with Crippen LogP contribution in [0.25, 0.3) is 0 Å². The molecule has 0 spiro atoms. The van der Waals surface area contributed by atoms with E-state index < -0.39 is 16.1 Å². The first kappa shape index (κ1) is 19.5. The maximum absolute atomic E-state index is 12.2. The number of carbonyl (C=O) groups excluding carboxylic acids is 2. The summed E-state index contributed by atoms with van der Waals surface area (Å²) in [5.41, 5.74) is 1.59. The molecule has 3 amide bonds. The SMILES string of the molecule is CCCNC(=O)c1cccc(NC(=O)NS(=O)(=O)c2ccc(C)cc2)c1. The number of rotatable bonds is 6. The number of hydrogen-bond donors (Lipinski definition) is 3. The average molecular weight is 375 g/mol. The second kappa shape index (κ2) is 8.48. The Hall–Kier alpha value is -2.87. The summed E-state index contributed by atoms with van der Waals surface area (Å²) in [6.45, 7) is 4.32. The minimum Gasteiger partial charge on any atom is -0.352 e. The topological polar surface area (TPSA) is 104 Å². The smallest absolute Gasteiger partial charge is 0.333 e. The van der Waals surface area contributed by atoms with Gasteiger partial charge in [-0.25, -0.2) is 17.9 Å². The first-order valence-electron chi connectivity index (χ1n) is 8.10. The van der Waals surface area contributed by atoms with Gasteiger partial charge in [-0.2, -0.15) is 0 Å². The molecule has 0 radical (unpaired) electrons. The summed E-state index contributed by atoms with van der Waals surface area (Å²) in [6, 6.07) is 11.5. The van der Waals surface area contributed by atoms with Crippen LogP contribution >= 0.6 is 0 Å². The van der Waals surface area contributed by atoms with Crippen LogP contribution in [0.5, 0.6) is 0 Å². The lowest BCUT2D eigenvalue weighted by Crippen LogP contribution is -2.34. The Morgan fingerprint density at radius 3 is 2.38 bits per heavy atom. The number of sulfonamides is 1. The number of anilines is 1. The molecule has 0 unspecified atom stereocenters. The quantitative estimate of drug-likeness (QED) is 0.722. The Morgan fingerprint density at radius 2 is 1.73 bits per heavy atom. The summed E-state index contributed by atoms with van der Waals surface area (Å²) < 4.78 is 26.3. The maximum atomic E-state index is 12.2. The van der Waals surface area contributed by atoms with Gasteiger partial charge >= 0.3 is 6.03 Å². The highest BCUT2D eigenvalue weighted by atomic mass is 32.2. The first-order chi connectivity index (χ1) is 12.3. The van der Waals surface area contributed by atoms with Gasteiger partial charge in [-0.15, -0.1) is 0 Å². The molecule has 0 aliphatic rings. The largest absolute Gasteiger partial charge is 0.352 e. The molecule has 26 heavy (non-hydrogen) atoms. The molecule has 138 valence electrons. The number of benzene rings is 2. The van der Waals surface area contributed by atoms with Gasteiger partial charge in [-0.1, -0.05) is 30.7 Å². The zero-order chi connectivity index (χ0) is 19.2.